The van der Waals surface area contributed by atoms with Crippen molar-refractivity contribution in [2.24, 2.45) is 0 Å². The van der Waals surface area contributed by atoms with Crippen molar-refractivity contribution in [2.75, 3.05) is 18.2 Å². The number of benzene rings is 2. The van der Waals surface area contributed by atoms with Crippen molar-refractivity contribution in [1.29, 1.82) is 0 Å². The lowest BCUT2D eigenvalue weighted by Gasteiger charge is -2.12. The van der Waals surface area contributed by atoms with Gasteiger partial charge in [-0.3, -0.25) is 9.36 Å². The van der Waals surface area contributed by atoms with Crippen molar-refractivity contribution in [1.82, 2.24) is 19.9 Å². The molecule has 2 heterocycles. The maximum atomic E-state index is 12.2. The van der Waals surface area contributed by atoms with Crippen molar-refractivity contribution < 1.29 is 14.1 Å². The number of anilines is 1. The second-order valence-corrected chi connectivity index (χ2v) is 8.21. The van der Waals surface area contributed by atoms with Crippen LogP contribution in [-0.4, -0.2) is 38.7 Å². The van der Waals surface area contributed by atoms with Crippen molar-refractivity contribution in [3.63, 3.8) is 0 Å². The minimum Gasteiger partial charge on any atom is -0.496 e. The Morgan fingerprint density at radius 1 is 1.12 bits per heavy atom. The van der Waals surface area contributed by atoms with E-state index in [1.807, 2.05) is 60.0 Å². The Kier molecular flexibility index (Phi) is 6.55. The number of aryl methyl sites for hydroxylation is 2. The summed E-state index contributed by atoms with van der Waals surface area (Å²) in [6, 6.07) is 17.5. The van der Waals surface area contributed by atoms with E-state index in [1.54, 1.807) is 20.1 Å². The Labute approximate surface area is 190 Å². The first kappa shape index (κ1) is 21.6. The van der Waals surface area contributed by atoms with Crippen LogP contribution in [0, 0.1) is 13.8 Å². The molecule has 0 fully saturated rings. The summed E-state index contributed by atoms with van der Waals surface area (Å²) in [5.74, 6) is 2.84. The smallest absolute Gasteiger partial charge is 0.226 e. The number of aromatic nitrogens is 4. The third-order valence-electron chi connectivity index (χ3n) is 4.73. The highest BCUT2D eigenvalue weighted by Crippen LogP contribution is 2.33. The van der Waals surface area contributed by atoms with Gasteiger partial charge in [0, 0.05) is 23.9 Å². The maximum absolute atomic E-state index is 12.2. The van der Waals surface area contributed by atoms with E-state index in [0.29, 0.717) is 40.5 Å². The molecule has 1 amide bonds. The number of hydrogen-bond donors (Lipinski definition) is 1. The fourth-order valence-electron chi connectivity index (χ4n) is 3.16. The molecule has 0 aliphatic rings. The molecule has 0 aliphatic heterocycles. The van der Waals surface area contributed by atoms with Crippen LogP contribution < -0.4 is 10.1 Å². The molecule has 8 nitrogen and oxygen atoms in total. The second-order valence-electron chi connectivity index (χ2n) is 7.15. The molecule has 9 heteroatoms. The first-order chi connectivity index (χ1) is 15.5. The van der Waals surface area contributed by atoms with Gasteiger partial charge in [-0.1, -0.05) is 46.7 Å². The predicted octanol–water partition coefficient (Wildman–Crippen LogP) is 4.67. The summed E-state index contributed by atoms with van der Waals surface area (Å²) < 4.78 is 12.5. The molecule has 0 atom stereocenters. The molecule has 4 rings (SSSR count). The highest BCUT2D eigenvalue weighted by Gasteiger charge is 2.19. The summed E-state index contributed by atoms with van der Waals surface area (Å²) in [4.78, 5) is 12.2. The van der Waals surface area contributed by atoms with E-state index in [4.69, 9.17) is 9.26 Å². The summed E-state index contributed by atoms with van der Waals surface area (Å²) >= 11 is 1.46. The Hall–Kier alpha value is -3.59. The van der Waals surface area contributed by atoms with Gasteiger partial charge in [-0.15, -0.1) is 10.2 Å². The molecule has 1 N–H and O–H groups in total. The average Bonchev–Trinajstić information content (AvgIpc) is 3.40. The lowest BCUT2D eigenvalue weighted by atomic mass is 10.1. The van der Waals surface area contributed by atoms with Crippen LogP contribution >= 0.6 is 11.8 Å². The molecular formula is C23H23N5O3S. The normalized spacial score (nSPS) is 10.8. The largest absolute Gasteiger partial charge is 0.496 e. The minimum absolute atomic E-state index is 0.142. The standard InChI is InChI=1S/C23H23N5O3S/c1-15-8-10-17(11-9-15)28-22(18-6-4-5-7-19(18)30-3)25-26-23(28)32-13-12-21(29)24-20-14-16(2)31-27-20/h4-11,14H,12-13H2,1-3H3,(H,24,27,29). The van der Waals surface area contributed by atoms with Gasteiger partial charge >= 0.3 is 0 Å². The van der Waals surface area contributed by atoms with E-state index in [0.717, 1.165) is 16.8 Å². The highest BCUT2D eigenvalue weighted by atomic mass is 32.2. The molecule has 164 valence electrons. The summed E-state index contributed by atoms with van der Waals surface area (Å²) in [6.07, 6.45) is 0.293. The average molecular weight is 450 g/mol. The highest BCUT2D eigenvalue weighted by molar-refractivity contribution is 7.99. The molecular weight excluding hydrogens is 426 g/mol. The number of thioether (sulfide) groups is 1. The summed E-state index contributed by atoms with van der Waals surface area (Å²) in [5.41, 5.74) is 2.94. The Bertz CT molecular complexity index is 1220. The lowest BCUT2D eigenvalue weighted by molar-refractivity contribution is -0.115. The summed E-state index contributed by atoms with van der Waals surface area (Å²) in [5, 5.41) is 16.1. The van der Waals surface area contributed by atoms with Gasteiger partial charge in [0.15, 0.2) is 16.8 Å². The number of rotatable bonds is 8. The van der Waals surface area contributed by atoms with Crippen LogP contribution in [0.25, 0.3) is 17.1 Å². The van der Waals surface area contributed by atoms with E-state index < -0.39 is 0 Å². The summed E-state index contributed by atoms with van der Waals surface area (Å²) in [6.45, 7) is 3.82. The summed E-state index contributed by atoms with van der Waals surface area (Å²) in [7, 11) is 1.63. The Morgan fingerprint density at radius 2 is 1.91 bits per heavy atom. The zero-order valence-electron chi connectivity index (χ0n) is 18.0. The van der Waals surface area contributed by atoms with E-state index in [1.165, 1.54) is 11.8 Å². The van der Waals surface area contributed by atoms with Crippen LogP contribution in [0.3, 0.4) is 0 Å². The van der Waals surface area contributed by atoms with E-state index in [9.17, 15) is 4.79 Å². The fourth-order valence-corrected chi connectivity index (χ4v) is 4.05. The van der Waals surface area contributed by atoms with Gasteiger partial charge in [-0.2, -0.15) is 0 Å². The van der Waals surface area contributed by atoms with E-state index in [-0.39, 0.29) is 5.91 Å². The number of para-hydroxylation sites is 1. The monoisotopic (exact) mass is 449 g/mol. The maximum Gasteiger partial charge on any atom is 0.226 e. The van der Waals surface area contributed by atoms with Crippen LogP contribution in [-0.2, 0) is 4.79 Å². The Morgan fingerprint density at radius 3 is 2.62 bits per heavy atom. The molecule has 2 aromatic heterocycles. The molecule has 0 aliphatic carbocycles. The number of carbonyl (C=O) groups is 1. The molecule has 4 aromatic rings. The number of carbonyl (C=O) groups excluding carboxylic acids is 1. The number of hydrogen-bond acceptors (Lipinski definition) is 7. The number of methoxy groups -OCH3 is 1. The first-order valence-electron chi connectivity index (χ1n) is 10.1. The van der Waals surface area contributed by atoms with Crippen molar-refractivity contribution in [3.05, 3.63) is 65.9 Å². The van der Waals surface area contributed by atoms with Crippen LogP contribution in [0.5, 0.6) is 5.75 Å². The zero-order valence-corrected chi connectivity index (χ0v) is 18.8. The van der Waals surface area contributed by atoms with Gasteiger partial charge in [0.1, 0.15) is 11.5 Å². The molecule has 0 saturated heterocycles. The van der Waals surface area contributed by atoms with Crippen LogP contribution in [0.1, 0.15) is 17.7 Å². The van der Waals surface area contributed by atoms with Gasteiger partial charge in [0.25, 0.3) is 0 Å². The molecule has 32 heavy (non-hydrogen) atoms. The fraction of sp³-hybridized carbons (Fsp3) is 0.217. The van der Waals surface area contributed by atoms with Crippen molar-refractivity contribution in [2.45, 2.75) is 25.4 Å². The van der Waals surface area contributed by atoms with Crippen molar-refractivity contribution >= 4 is 23.5 Å². The number of nitrogens with zero attached hydrogens (tertiary/aromatic N) is 4. The number of nitrogens with one attached hydrogen (secondary N) is 1. The quantitative estimate of drug-likeness (QED) is 0.391. The van der Waals surface area contributed by atoms with Crippen LogP contribution in [0.4, 0.5) is 5.82 Å². The SMILES string of the molecule is COc1ccccc1-c1nnc(SCCC(=O)Nc2cc(C)on2)n1-c1ccc(C)cc1. The van der Waals surface area contributed by atoms with Gasteiger partial charge in [-0.25, -0.2) is 0 Å². The number of ether oxygens (including phenoxy) is 1. The molecule has 2 aromatic carbocycles. The lowest BCUT2D eigenvalue weighted by Crippen LogP contribution is -2.12. The number of amides is 1. The van der Waals surface area contributed by atoms with Gasteiger partial charge in [0.05, 0.1) is 12.7 Å². The topological polar surface area (TPSA) is 95.1 Å². The Balaban J connectivity index is 1.57. The van der Waals surface area contributed by atoms with Gasteiger partial charge < -0.3 is 14.6 Å². The second kappa shape index (κ2) is 9.69. The first-order valence-corrected chi connectivity index (χ1v) is 11.1. The molecule has 0 bridgehead atoms. The van der Waals surface area contributed by atoms with Crippen LogP contribution in [0.15, 0.2) is 64.3 Å². The predicted molar refractivity (Wildman–Crippen MR) is 123 cm³/mol. The van der Waals surface area contributed by atoms with E-state index in [2.05, 4.69) is 20.7 Å². The zero-order chi connectivity index (χ0) is 22.5. The molecule has 0 radical (unpaired) electrons. The molecule has 0 unspecified atom stereocenters. The third-order valence-corrected chi connectivity index (χ3v) is 5.66. The van der Waals surface area contributed by atoms with Gasteiger partial charge in [0.2, 0.25) is 5.91 Å². The minimum atomic E-state index is -0.142. The van der Waals surface area contributed by atoms with Gasteiger partial charge in [-0.05, 0) is 38.1 Å². The van der Waals surface area contributed by atoms with Crippen molar-refractivity contribution in [3.8, 4) is 22.8 Å². The molecule has 0 saturated carbocycles. The third kappa shape index (κ3) is 4.83. The van der Waals surface area contributed by atoms with Crippen LogP contribution in [0.2, 0.25) is 0 Å². The van der Waals surface area contributed by atoms with E-state index >= 15 is 0 Å². The molecule has 0 spiro atoms.